The molecule has 1 aliphatic heterocycles. The maximum atomic E-state index is 11.6. The smallest absolute Gasteiger partial charge is 0.236 e. The Bertz CT molecular complexity index is 249. The van der Waals surface area contributed by atoms with E-state index in [1.54, 1.807) is 4.90 Å². The summed E-state index contributed by atoms with van der Waals surface area (Å²) in [5.41, 5.74) is 5.65. The number of carbonyl (C=O) groups excluding carboxylic acids is 1. The van der Waals surface area contributed by atoms with Gasteiger partial charge in [0.25, 0.3) is 0 Å². The van der Waals surface area contributed by atoms with Crippen molar-refractivity contribution in [2.45, 2.75) is 25.8 Å². The Kier molecular flexibility index (Phi) is 6.60. The molecule has 1 saturated heterocycles. The monoisotopic (exact) mass is 256 g/mol. The molecule has 5 heteroatoms. The van der Waals surface area contributed by atoms with E-state index in [4.69, 9.17) is 5.73 Å². The van der Waals surface area contributed by atoms with Crippen LogP contribution in [0.5, 0.6) is 0 Å². The van der Waals surface area contributed by atoms with Gasteiger partial charge in [-0.3, -0.25) is 14.6 Å². The molecular formula is C13H28N4O. The molecule has 0 aromatic rings. The van der Waals surface area contributed by atoms with Crippen molar-refractivity contribution >= 4 is 5.91 Å². The van der Waals surface area contributed by atoms with Gasteiger partial charge in [-0.1, -0.05) is 6.92 Å². The van der Waals surface area contributed by atoms with E-state index in [1.807, 2.05) is 14.1 Å². The first-order valence-electron chi connectivity index (χ1n) is 6.95. The number of rotatable bonds is 6. The number of likely N-dealkylation sites (N-methyl/N-ethyl adjacent to an activating group) is 1. The standard InChI is InChI=1S/C13H28N4O/c1-4-12(5-6-14)17-9-7-16(8-10-17)11-13(18)15(2)3/h12H,4-11,14H2,1-3H3. The van der Waals surface area contributed by atoms with Gasteiger partial charge in [-0.15, -0.1) is 0 Å². The second-order valence-corrected chi connectivity index (χ2v) is 5.24. The summed E-state index contributed by atoms with van der Waals surface area (Å²) in [6, 6.07) is 0.613. The zero-order valence-corrected chi connectivity index (χ0v) is 12.1. The fraction of sp³-hybridized carbons (Fsp3) is 0.923. The van der Waals surface area contributed by atoms with Gasteiger partial charge in [0, 0.05) is 46.3 Å². The van der Waals surface area contributed by atoms with E-state index in [2.05, 4.69) is 16.7 Å². The molecule has 0 aromatic heterocycles. The molecule has 0 radical (unpaired) electrons. The number of hydrogen-bond acceptors (Lipinski definition) is 4. The fourth-order valence-corrected chi connectivity index (χ4v) is 2.46. The van der Waals surface area contributed by atoms with Crippen LogP contribution in [0.4, 0.5) is 0 Å². The Morgan fingerprint density at radius 3 is 2.33 bits per heavy atom. The van der Waals surface area contributed by atoms with Crippen molar-refractivity contribution in [3.8, 4) is 0 Å². The van der Waals surface area contributed by atoms with Crippen LogP contribution in [0.2, 0.25) is 0 Å². The van der Waals surface area contributed by atoms with Gasteiger partial charge >= 0.3 is 0 Å². The molecule has 0 aliphatic carbocycles. The zero-order valence-electron chi connectivity index (χ0n) is 12.1. The van der Waals surface area contributed by atoms with Gasteiger partial charge in [0.2, 0.25) is 5.91 Å². The Morgan fingerprint density at radius 1 is 1.28 bits per heavy atom. The van der Waals surface area contributed by atoms with E-state index in [-0.39, 0.29) is 5.91 Å². The van der Waals surface area contributed by atoms with Gasteiger partial charge in [-0.2, -0.15) is 0 Å². The minimum atomic E-state index is 0.192. The van der Waals surface area contributed by atoms with Gasteiger partial charge in [0.15, 0.2) is 0 Å². The average molecular weight is 256 g/mol. The van der Waals surface area contributed by atoms with Gasteiger partial charge in [-0.25, -0.2) is 0 Å². The summed E-state index contributed by atoms with van der Waals surface area (Å²) in [5, 5.41) is 0. The van der Waals surface area contributed by atoms with E-state index < -0.39 is 0 Å². The van der Waals surface area contributed by atoms with Gasteiger partial charge < -0.3 is 10.6 Å². The lowest BCUT2D eigenvalue weighted by Crippen LogP contribution is -2.52. The Hall–Kier alpha value is -0.650. The highest BCUT2D eigenvalue weighted by atomic mass is 16.2. The Morgan fingerprint density at radius 2 is 1.89 bits per heavy atom. The lowest BCUT2D eigenvalue weighted by molar-refractivity contribution is -0.130. The van der Waals surface area contributed by atoms with E-state index in [1.165, 1.54) is 0 Å². The second kappa shape index (κ2) is 7.71. The highest BCUT2D eigenvalue weighted by Crippen LogP contribution is 2.11. The largest absolute Gasteiger partial charge is 0.348 e. The quantitative estimate of drug-likeness (QED) is 0.716. The first-order valence-corrected chi connectivity index (χ1v) is 6.95. The third-order valence-electron chi connectivity index (χ3n) is 3.75. The molecule has 1 amide bonds. The Balaban J connectivity index is 2.33. The maximum Gasteiger partial charge on any atom is 0.236 e. The summed E-state index contributed by atoms with van der Waals surface area (Å²) in [7, 11) is 3.62. The van der Waals surface area contributed by atoms with Crippen molar-refractivity contribution < 1.29 is 4.79 Å². The number of nitrogens with zero attached hydrogens (tertiary/aromatic N) is 3. The fourth-order valence-electron chi connectivity index (χ4n) is 2.46. The van der Waals surface area contributed by atoms with Crippen LogP contribution in [0.25, 0.3) is 0 Å². The number of nitrogens with two attached hydrogens (primary N) is 1. The van der Waals surface area contributed by atoms with Crippen molar-refractivity contribution in [1.82, 2.24) is 14.7 Å². The van der Waals surface area contributed by atoms with Gasteiger partial charge in [0.1, 0.15) is 0 Å². The predicted octanol–water partition coefficient (Wildman–Crippen LogP) is -0.180. The summed E-state index contributed by atoms with van der Waals surface area (Å²) >= 11 is 0. The van der Waals surface area contributed by atoms with Gasteiger partial charge in [0.05, 0.1) is 6.54 Å². The first kappa shape index (κ1) is 15.4. The average Bonchev–Trinajstić information content (AvgIpc) is 2.37. The maximum absolute atomic E-state index is 11.6. The minimum Gasteiger partial charge on any atom is -0.348 e. The van der Waals surface area contributed by atoms with Crippen LogP contribution < -0.4 is 5.73 Å². The van der Waals surface area contributed by atoms with Crippen LogP contribution in [0, 0.1) is 0 Å². The third kappa shape index (κ3) is 4.55. The number of amides is 1. The molecule has 2 N–H and O–H groups in total. The summed E-state index contributed by atoms with van der Waals surface area (Å²) in [5.74, 6) is 0.192. The lowest BCUT2D eigenvalue weighted by atomic mass is 10.1. The molecular weight excluding hydrogens is 228 g/mol. The minimum absolute atomic E-state index is 0.192. The highest BCUT2D eigenvalue weighted by molar-refractivity contribution is 5.77. The molecule has 1 heterocycles. The van der Waals surface area contributed by atoms with Gasteiger partial charge in [-0.05, 0) is 19.4 Å². The van der Waals surface area contributed by atoms with Crippen LogP contribution in [-0.2, 0) is 4.79 Å². The molecule has 1 atom stereocenters. The van der Waals surface area contributed by atoms with E-state index in [9.17, 15) is 4.79 Å². The van der Waals surface area contributed by atoms with Crippen molar-refractivity contribution in [2.75, 3.05) is 53.4 Å². The van der Waals surface area contributed by atoms with E-state index in [0.717, 1.165) is 45.6 Å². The first-order chi connectivity index (χ1) is 8.58. The van der Waals surface area contributed by atoms with Crippen molar-refractivity contribution in [2.24, 2.45) is 5.73 Å². The second-order valence-electron chi connectivity index (χ2n) is 5.24. The van der Waals surface area contributed by atoms with Crippen LogP contribution in [0.15, 0.2) is 0 Å². The number of hydrogen-bond donors (Lipinski definition) is 1. The summed E-state index contributed by atoms with van der Waals surface area (Å²) < 4.78 is 0. The van der Waals surface area contributed by atoms with Crippen molar-refractivity contribution in [3.63, 3.8) is 0 Å². The molecule has 1 fully saturated rings. The Labute approximate surface area is 111 Å². The number of carbonyl (C=O) groups is 1. The molecule has 18 heavy (non-hydrogen) atoms. The number of piperazine rings is 1. The summed E-state index contributed by atoms with van der Waals surface area (Å²) in [6.07, 6.45) is 2.24. The van der Waals surface area contributed by atoms with E-state index >= 15 is 0 Å². The highest BCUT2D eigenvalue weighted by Gasteiger charge is 2.23. The lowest BCUT2D eigenvalue weighted by Gasteiger charge is -2.39. The molecule has 0 aromatic carbocycles. The predicted molar refractivity (Wildman–Crippen MR) is 74.5 cm³/mol. The normalized spacial score (nSPS) is 19.8. The molecule has 1 aliphatic rings. The van der Waals surface area contributed by atoms with E-state index in [0.29, 0.717) is 12.6 Å². The molecule has 1 unspecified atom stereocenters. The van der Waals surface area contributed by atoms with Crippen LogP contribution >= 0.6 is 0 Å². The topological polar surface area (TPSA) is 52.8 Å². The molecule has 106 valence electrons. The van der Waals surface area contributed by atoms with Crippen molar-refractivity contribution in [1.29, 1.82) is 0 Å². The van der Waals surface area contributed by atoms with Crippen molar-refractivity contribution in [3.05, 3.63) is 0 Å². The van der Waals surface area contributed by atoms with Crippen LogP contribution in [-0.4, -0.2) is 80.0 Å². The molecule has 1 rings (SSSR count). The third-order valence-corrected chi connectivity index (χ3v) is 3.75. The SMILES string of the molecule is CCC(CCN)N1CCN(CC(=O)N(C)C)CC1. The molecule has 0 bridgehead atoms. The summed E-state index contributed by atoms with van der Waals surface area (Å²) in [6.45, 7) is 7.62. The van der Waals surface area contributed by atoms with Crippen LogP contribution in [0.3, 0.4) is 0 Å². The summed E-state index contributed by atoms with van der Waals surface area (Å²) in [4.78, 5) is 18.1. The molecule has 5 nitrogen and oxygen atoms in total. The zero-order chi connectivity index (χ0) is 13.5. The van der Waals surface area contributed by atoms with Crippen LogP contribution in [0.1, 0.15) is 19.8 Å². The molecule has 0 saturated carbocycles. The molecule has 0 spiro atoms.